The van der Waals surface area contributed by atoms with Crippen molar-refractivity contribution in [3.8, 4) is 6.07 Å². The quantitative estimate of drug-likeness (QED) is 0.195. The summed E-state index contributed by atoms with van der Waals surface area (Å²) in [5, 5.41) is 8.99. The summed E-state index contributed by atoms with van der Waals surface area (Å²) in [7, 11) is -4.58. The second-order valence-electron chi connectivity index (χ2n) is 7.28. The van der Waals surface area contributed by atoms with E-state index in [4.69, 9.17) is 24.5 Å². The normalized spacial score (nSPS) is 17.7. The van der Waals surface area contributed by atoms with E-state index in [-0.39, 0.29) is 30.4 Å². The van der Waals surface area contributed by atoms with Crippen molar-refractivity contribution in [1.82, 2.24) is 7.76 Å². The number of hydrogen-bond acceptors (Lipinski definition) is 8. The number of nitrogens with zero attached hydrogens (tertiary/aromatic N) is 4. The largest absolute Gasteiger partial charge is 0.510 e. The van der Waals surface area contributed by atoms with Gasteiger partial charge < -0.3 is 19.3 Å². The van der Waals surface area contributed by atoms with Crippen LogP contribution in [0.5, 0.6) is 0 Å². The third-order valence-electron chi connectivity index (χ3n) is 4.96. The highest BCUT2D eigenvalue weighted by atomic mass is 127. The minimum atomic E-state index is -4.58. The van der Waals surface area contributed by atoms with E-state index in [1.807, 2.05) is 0 Å². The Kier molecular flexibility index (Phi) is 8.09. The number of ether oxygens (including phenoxy) is 2. The van der Waals surface area contributed by atoms with Gasteiger partial charge in [-0.05, 0) is 24.8 Å². The molecule has 1 aliphatic rings. The molecule has 0 radical (unpaired) electrons. The third kappa shape index (κ3) is 5.81. The summed E-state index contributed by atoms with van der Waals surface area (Å²) < 4.78 is 55.2. The van der Waals surface area contributed by atoms with E-state index in [0.717, 1.165) is 7.68 Å². The van der Waals surface area contributed by atoms with Crippen LogP contribution in [0.15, 0.2) is 6.07 Å². The zero-order chi connectivity index (χ0) is 25.2. The molecular weight excluding hydrogens is 596 g/mol. The van der Waals surface area contributed by atoms with Crippen LogP contribution in [0.2, 0.25) is 0 Å². The van der Waals surface area contributed by atoms with E-state index in [2.05, 4.69) is 9.51 Å². The van der Waals surface area contributed by atoms with E-state index < -0.39 is 55.4 Å². The lowest BCUT2D eigenvalue weighted by Crippen LogP contribution is -2.38. The molecule has 0 spiro atoms. The van der Waals surface area contributed by atoms with Crippen molar-refractivity contribution in [3.05, 3.63) is 23.3 Å². The van der Waals surface area contributed by atoms with E-state index >= 15 is 0 Å². The molecule has 1 aliphatic carbocycles. The molecule has 3 rings (SSSR count). The van der Waals surface area contributed by atoms with Gasteiger partial charge in [0.25, 0.3) is 0 Å². The highest BCUT2D eigenvalue weighted by Crippen LogP contribution is 2.40. The van der Waals surface area contributed by atoms with Gasteiger partial charge in [0.15, 0.2) is 18.4 Å². The van der Waals surface area contributed by atoms with Crippen LogP contribution in [0.1, 0.15) is 31.7 Å². The standard InChI is InChI=1S/C18H18F2IN4O8P/c1-2-13(26)24(8-31-18(27)33-11-3-9(4-11)7-32-34(28,29)30)17-23-15-12(19)5-10(6-22)14(20)16(15)25(17)21/h5,9,11H,2-4,7-8H2,1H3,(H2,28,29,30). The van der Waals surface area contributed by atoms with Crippen LogP contribution in [0.3, 0.4) is 0 Å². The number of fused-ring (bicyclic) bond motifs is 1. The van der Waals surface area contributed by atoms with Crippen molar-refractivity contribution in [2.45, 2.75) is 32.3 Å². The molecule has 0 aliphatic heterocycles. The summed E-state index contributed by atoms with van der Waals surface area (Å²) in [5.74, 6) is -2.97. The third-order valence-corrected chi connectivity index (χ3v) is 6.36. The monoisotopic (exact) mass is 614 g/mol. The molecule has 1 amide bonds. The summed E-state index contributed by atoms with van der Waals surface area (Å²) in [6, 6.07) is 2.24. The van der Waals surface area contributed by atoms with Crippen LogP contribution < -0.4 is 4.90 Å². The average molecular weight is 614 g/mol. The van der Waals surface area contributed by atoms with Gasteiger partial charge in [-0.1, -0.05) is 6.92 Å². The van der Waals surface area contributed by atoms with Crippen molar-refractivity contribution in [2.75, 3.05) is 18.2 Å². The second kappa shape index (κ2) is 10.5. The van der Waals surface area contributed by atoms with E-state index in [0.29, 0.717) is 18.9 Å². The van der Waals surface area contributed by atoms with Gasteiger partial charge in [0, 0.05) is 6.42 Å². The molecule has 0 saturated heterocycles. The van der Waals surface area contributed by atoms with Gasteiger partial charge in [-0.25, -0.2) is 30.8 Å². The molecule has 1 fully saturated rings. The molecule has 1 saturated carbocycles. The predicted molar refractivity (Wildman–Crippen MR) is 119 cm³/mol. The van der Waals surface area contributed by atoms with Crippen LogP contribution in [-0.2, 0) is 23.4 Å². The van der Waals surface area contributed by atoms with Gasteiger partial charge in [0.1, 0.15) is 23.2 Å². The molecule has 16 heteroatoms. The highest BCUT2D eigenvalue weighted by molar-refractivity contribution is 14.1. The Morgan fingerprint density at radius 3 is 2.68 bits per heavy atom. The second-order valence-corrected chi connectivity index (χ2v) is 9.49. The number of aromatic nitrogens is 2. The van der Waals surface area contributed by atoms with Crippen molar-refractivity contribution >= 4 is 59.7 Å². The minimum Gasteiger partial charge on any atom is -0.431 e. The summed E-state index contributed by atoms with van der Waals surface area (Å²) in [6.45, 7) is 0.672. The Bertz CT molecular complexity index is 1210. The maximum absolute atomic E-state index is 14.6. The maximum Gasteiger partial charge on any atom is 0.510 e. The molecule has 12 nitrogen and oxygen atoms in total. The molecule has 2 N–H and O–H groups in total. The molecule has 0 unspecified atom stereocenters. The number of imidazole rings is 1. The van der Waals surface area contributed by atoms with Crippen LogP contribution in [0, 0.1) is 28.9 Å². The fraction of sp³-hybridized carbons (Fsp3) is 0.444. The van der Waals surface area contributed by atoms with Crippen molar-refractivity contribution in [1.29, 1.82) is 5.26 Å². The Hall–Kier alpha value is -2.38. The number of halogens is 3. The number of carbonyl (C=O) groups is 2. The first-order valence-electron chi connectivity index (χ1n) is 9.75. The Balaban J connectivity index is 1.68. The zero-order valence-electron chi connectivity index (χ0n) is 17.5. The topological polar surface area (TPSA) is 164 Å². The number of amides is 1. The van der Waals surface area contributed by atoms with E-state index in [1.54, 1.807) is 28.9 Å². The first-order valence-corrected chi connectivity index (χ1v) is 12.2. The summed E-state index contributed by atoms with van der Waals surface area (Å²) in [4.78, 5) is 46.7. The Morgan fingerprint density at radius 1 is 1.41 bits per heavy atom. The summed E-state index contributed by atoms with van der Waals surface area (Å²) >= 11 is 1.59. The number of nitriles is 1. The first-order chi connectivity index (χ1) is 15.9. The smallest absolute Gasteiger partial charge is 0.431 e. The lowest BCUT2D eigenvalue weighted by molar-refractivity contribution is -0.119. The molecule has 34 heavy (non-hydrogen) atoms. The lowest BCUT2D eigenvalue weighted by atomic mass is 9.83. The summed E-state index contributed by atoms with van der Waals surface area (Å²) in [6.07, 6.45) is -1.12. The van der Waals surface area contributed by atoms with E-state index in [1.165, 1.54) is 6.92 Å². The van der Waals surface area contributed by atoms with Crippen molar-refractivity contribution in [2.24, 2.45) is 5.92 Å². The Labute approximate surface area is 205 Å². The SMILES string of the molecule is CCC(=O)N(COC(=O)OC1CC(COP(=O)(O)O)C1)c1nc2c(F)cc(C#N)c(F)c2n1I. The van der Waals surface area contributed by atoms with Gasteiger partial charge in [-0.3, -0.25) is 9.32 Å². The van der Waals surface area contributed by atoms with Crippen LogP contribution in [0.4, 0.5) is 19.5 Å². The molecule has 184 valence electrons. The molecule has 2 aromatic rings. The first kappa shape index (κ1) is 26.2. The maximum atomic E-state index is 14.6. The fourth-order valence-corrected chi connectivity index (χ4v) is 4.42. The van der Waals surface area contributed by atoms with Crippen molar-refractivity contribution in [3.63, 3.8) is 0 Å². The van der Waals surface area contributed by atoms with E-state index in [9.17, 15) is 22.9 Å². The van der Waals surface area contributed by atoms with Gasteiger partial charge in [0.05, 0.1) is 35.0 Å². The number of phosphoric ester groups is 1. The molecule has 1 heterocycles. The average Bonchev–Trinajstić information content (AvgIpc) is 3.09. The van der Waals surface area contributed by atoms with Crippen LogP contribution in [0.25, 0.3) is 11.0 Å². The molecular formula is C18H18F2IN4O8P. The molecule has 1 aromatic carbocycles. The Morgan fingerprint density at radius 2 is 2.09 bits per heavy atom. The number of phosphoric acid groups is 1. The molecule has 0 atom stereocenters. The van der Waals surface area contributed by atoms with Gasteiger partial charge in [-0.2, -0.15) is 5.26 Å². The number of hydrogen-bond donors (Lipinski definition) is 2. The number of anilines is 1. The molecule has 0 bridgehead atoms. The van der Waals surface area contributed by atoms with Crippen molar-refractivity contribution < 1.29 is 46.7 Å². The highest BCUT2D eigenvalue weighted by Gasteiger charge is 2.35. The van der Waals surface area contributed by atoms with Gasteiger partial charge in [-0.15, -0.1) is 0 Å². The van der Waals surface area contributed by atoms with Gasteiger partial charge >= 0.3 is 14.0 Å². The van der Waals surface area contributed by atoms with Crippen LogP contribution >= 0.6 is 30.7 Å². The summed E-state index contributed by atoms with van der Waals surface area (Å²) in [5.41, 5.74) is -1.29. The van der Waals surface area contributed by atoms with Crippen LogP contribution in [-0.4, -0.2) is 49.1 Å². The number of carbonyl (C=O) groups excluding carboxylic acids is 2. The predicted octanol–water partition coefficient (Wildman–Crippen LogP) is 3.13. The lowest BCUT2D eigenvalue weighted by Gasteiger charge is -2.34. The van der Waals surface area contributed by atoms with Gasteiger partial charge in [0.2, 0.25) is 11.9 Å². The zero-order valence-corrected chi connectivity index (χ0v) is 20.5. The molecule has 1 aromatic heterocycles. The number of benzene rings is 1. The minimum absolute atomic E-state index is 0.0451. The fourth-order valence-electron chi connectivity index (χ4n) is 3.21. The number of rotatable bonds is 8.